The van der Waals surface area contributed by atoms with E-state index in [1.165, 1.54) is 4.57 Å². The molecule has 3 heterocycles. The van der Waals surface area contributed by atoms with Crippen LogP contribution in [0.5, 0.6) is 0 Å². The molecule has 5 rings (SSSR count). The lowest BCUT2D eigenvalue weighted by molar-refractivity contribution is 0.743. The average molecular weight is 412 g/mol. The lowest BCUT2D eigenvalue weighted by Crippen LogP contribution is -2.31. The van der Waals surface area contributed by atoms with Gasteiger partial charge < -0.3 is 4.57 Å². The van der Waals surface area contributed by atoms with Gasteiger partial charge in [-0.3, -0.25) is 14.3 Å². The minimum Gasteiger partial charge on any atom is -0.318 e. The van der Waals surface area contributed by atoms with Crippen molar-refractivity contribution in [1.29, 1.82) is 0 Å². The zero-order valence-corrected chi connectivity index (χ0v) is 16.9. The zero-order valence-electron chi connectivity index (χ0n) is 16.9. The number of hydrogen-bond donors (Lipinski definition) is 1. The van der Waals surface area contributed by atoms with Gasteiger partial charge in [0.15, 0.2) is 11.2 Å². The summed E-state index contributed by atoms with van der Waals surface area (Å²) in [5.74, 6) is 0.595. The van der Waals surface area contributed by atoms with Crippen molar-refractivity contribution in [2.45, 2.75) is 20.0 Å². The summed E-state index contributed by atoms with van der Waals surface area (Å²) in [6.07, 6.45) is 3.59. The summed E-state index contributed by atoms with van der Waals surface area (Å²) in [7, 11) is 0. The van der Waals surface area contributed by atoms with Gasteiger partial charge in [-0.2, -0.15) is 5.10 Å². The monoisotopic (exact) mass is 412 g/mol. The van der Waals surface area contributed by atoms with Crippen molar-refractivity contribution in [2.75, 3.05) is 0 Å². The highest BCUT2D eigenvalue weighted by molar-refractivity contribution is 5.76. The van der Waals surface area contributed by atoms with E-state index in [9.17, 15) is 9.59 Å². The van der Waals surface area contributed by atoms with Crippen molar-refractivity contribution < 1.29 is 0 Å². The highest BCUT2D eigenvalue weighted by Gasteiger charge is 2.20. The molecule has 0 saturated heterocycles. The topological polar surface area (TPSA) is 90.5 Å². The van der Waals surface area contributed by atoms with Gasteiger partial charge >= 0.3 is 5.69 Å². The number of aromatic nitrogens is 6. The summed E-state index contributed by atoms with van der Waals surface area (Å²) >= 11 is 0. The summed E-state index contributed by atoms with van der Waals surface area (Å²) in [6, 6.07) is 19.4. The first-order chi connectivity index (χ1) is 15.2. The summed E-state index contributed by atoms with van der Waals surface area (Å²) in [5.41, 5.74) is 2.45. The summed E-state index contributed by atoms with van der Waals surface area (Å²) in [4.78, 5) is 32.5. The summed E-state index contributed by atoms with van der Waals surface area (Å²) in [6.45, 7) is 2.78. The Labute approximate surface area is 177 Å². The number of fused-ring (bicyclic) bond motifs is 1. The van der Waals surface area contributed by atoms with E-state index in [1.807, 2.05) is 78.4 Å². The maximum atomic E-state index is 12.7. The lowest BCUT2D eigenvalue weighted by Gasteiger charge is -2.07. The number of para-hydroxylation sites is 1. The minimum atomic E-state index is -0.478. The molecule has 0 radical (unpaired) electrons. The summed E-state index contributed by atoms with van der Waals surface area (Å²) in [5, 5.41) is 4.45. The van der Waals surface area contributed by atoms with Crippen LogP contribution in [-0.4, -0.2) is 28.9 Å². The van der Waals surface area contributed by atoms with E-state index in [4.69, 9.17) is 4.98 Å². The number of aryl methyl sites for hydroxylation is 1. The molecule has 0 aliphatic carbocycles. The van der Waals surface area contributed by atoms with E-state index in [2.05, 4.69) is 10.1 Å². The highest BCUT2D eigenvalue weighted by Crippen LogP contribution is 2.23. The fourth-order valence-corrected chi connectivity index (χ4v) is 3.77. The second-order valence-corrected chi connectivity index (χ2v) is 7.19. The number of imidazole rings is 1. The fourth-order valence-electron chi connectivity index (χ4n) is 3.77. The van der Waals surface area contributed by atoms with E-state index in [1.54, 1.807) is 10.9 Å². The van der Waals surface area contributed by atoms with Gasteiger partial charge in [0, 0.05) is 12.7 Å². The van der Waals surface area contributed by atoms with Crippen LogP contribution in [0.3, 0.4) is 0 Å². The maximum Gasteiger partial charge on any atom is 0.330 e. The number of hydrogen-bond acceptors (Lipinski definition) is 4. The molecule has 154 valence electrons. The van der Waals surface area contributed by atoms with Gasteiger partial charge in [-0.15, -0.1) is 0 Å². The Balaban J connectivity index is 1.69. The first-order valence-electron chi connectivity index (χ1n) is 10.0. The van der Waals surface area contributed by atoms with E-state index in [0.717, 1.165) is 16.8 Å². The second kappa shape index (κ2) is 7.56. The third kappa shape index (κ3) is 3.28. The molecule has 0 atom stereocenters. The standard InChI is InChI=1S/C23H20N6O2/c1-2-27-19-21(28(23(31)26-22(19)30)14-16-9-5-3-6-10-16)25-20(27)17-13-24-29(15-17)18-11-7-4-8-12-18/h3-13,15H,2,14H2,1H3,(H,26,30,31). The third-order valence-corrected chi connectivity index (χ3v) is 5.25. The van der Waals surface area contributed by atoms with Crippen molar-refractivity contribution in [3.63, 3.8) is 0 Å². The minimum absolute atomic E-state index is 0.316. The Morgan fingerprint density at radius 3 is 2.35 bits per heavy atom. The molecule has 0 amide bonds. The van der Waals surface area contributed by atoms with Gasteiger partial charge in [-0.1, -0.05) is 48.5 Å². The van der Waals surface area contributed by atoms with Crippen LogP contribution in [0.1, 0.15) is 12.5 Å². The molecule has 1 N–H and O–H groups in total. The van der Waals surface area contributed by atoms with E-state index in [0.29, 0.717) is 30.1 Å². The van der Waals surface area contributed by atoms with Crippen LogP contribution >= 0.6 is 0 Å². The SMILES string of the molecule is CCn1c(-c2cnn(-c3ccccc3)c2)nc2c1c(=O)[nH]c(=O)n2Cc1ccccc1. The van der Waals surface area contributed by atoms with Gasteiger partial charge in [0.05, 0.1) is 24.0 Å². The molecule has 0 aliphatic heterocycles. The quantitative estimate of drug-likeness (QED) is 0.481. The molecule has 0 aliphatic rings. The molecular weight excluding hydrogens is 392 g/mol. The third-order valence-electron chi connectivity index (χ3n) is 5.25. The molecule has 8 nitrogen and oxygen atoms in total. The van der Waals surface area contributed by atoms with Crippen LogP contribution in [0, 0.1) is 0 Å². The maximum absolute atomic E-state index is 12.7. The van der Waals surface area contributed by atoms with Crippen LogP contribution < -0.4 is 11.2 Å². The number of nitrogens with zero attached hydrogens (tertiary/aromatic N) is 5. The first kappa shape index (κ1) is 18.8. The van der Waals surface area contributed by atoms with E-state index in [-0.39, 0.29) is 0 Å². The van der Waals surface area contributed by atoms with Crippen LogP contribution in [0.4, 0.5) is 0 Å². The van der Waals surface area contributed by atoms with Crippen LogP contribution in [0.25, 0.3) is 28.2 Å². The predicted molar refractivity (Wildman–Crippen MR) is 118 cm³/mol. The first-order valence-corrected chi connectivity index (χ1v) is 10.0. The smallest absolute Gasteiger partial charge is 0.318 e. The number of benzene rings is 2. The number of aromatic amines is 1. The van der Waals surface area contributed by atoms with Crippen molar-refractivity contribution in [3.05, 3.63) is 99.5 Å². The van der Waals surface area contributed by atoms with Crippen molar-refractivity contribution in [1.82, 2.24) is 28.9 Å². The molecule has 0 fully saturated rings. The Bertz CT molecular complexity index is 1480. The molecule has 8 heteroatoms. The van der Waals surface area contributed by atoms with Gasteiger partial charge in [0.1, 0.15) is 5.82 Å². The van der Waals surface area contributed by atoms with Gasteiger partial charge in [0.25, 0.3) is 5.56 Å². The van der Waals surface area contributed by atoms with E-state index >= 15 is 0 Å². The largest absolute Gasteiger partial charge is 0.330 e. The van der Waals surface area contributed by atoms with Crippen molar-refractivity contribution in [3.8, 4) is 17.1 Å². The van der Waals surface area contributed by atoms with Gasteiger partial charge in [0.2, 0.25) is 0 Å². The number of rotatable bonds is 5. The molecule has 31 heavy (non-hydrogen) atoms. The van der Waals surface area contributed by atoms with E-state index < -0.39 is 11.2 Å². The fraction of sp³-hybridized carbons (Fsp3) is 0.130. The Hall–Kier alpha value is -4.20. The number of nitrogens with one attached hydrogen (secondary N) is 1. The van der Waals surface area contributed by atoms with Crippen LogP contribution in [-0.2, 0) is 13.1 Å². The lowest BCUT2D eigenvalue weighted by atomic mass is 10.2. The average Bonchev–Trinajstić information content (AvgIpc) is 3.43. The van der Waals surface area contributed by atoms with Gasteiger partial charge in [-0.25, -0.2) is 14.5 Å². The van der Waals surface area contributed by atoms with Crippen molar-refractivity contribution >= 4 is 11.2 Å². The molecule has 5 aromatic rings. The molecule has 0 unspecified atom stereocenters. The normalized spacial score (nSPS) is 11.3. The predicted octanol–water partition coefficient (Wildman–Crippen LogP) is 2.81. The molecule has 0 saturated carbocycles. The highest BCUT2D eigenvalue weighted by atomic mass is 16.2. The molecule has 3 aromatic heterocycles. The Kier molecular flexibility index (Phi) is 4.59. The van der Waals surface area contributed by atoms with Crippen LogP contribution in [0.15, 0.2) is 82.6 Å². The molecule has 0 spiro atoms. The molecule has 2 aromatic carbocycles. The van der Waals surface area contributed by atoms with Gasteiger partial charge in [-0.05, 0) is 24.6 Å². The van der Waals surface area contributed by atoms with Crippen molar-refractivity contribution in [2.24, 2.45) is 0 Å². The van der Waals surface area contributed by atoms with Crippen LogP contribution in [0.2, 0.25) is 0 Å². The zero-order chi connectivity index (χ0) is 21.4. The number of H-pyrrole nitrogens is 1. The second-order valence-electron chi connectivity index (χ2n) is 7.19. The molecular formula is C23H20N6O2. The molecule has 0 bridgehead atoms. The Morgan fingerprint density at radius 1 is 0.935 bits per heavy atom. The summed E-state index contributed by atoms with van der Waals surface area (Å²) < 4.78 is 5.08. The Morgan fingerprint density at radius 2 is 1.65 bits per heavy atom.